The summed E-state index contributed by atoms with van der Waals surface area (Å²) in [6.07, 6.45) is 3.76. The Hall–Kier alpha value is -2.56. The van der Waals surface area contributed by atoms with E-state index in [4.69, 9.17) is 9.84 Å². The number of carbonyl (C=O) groups is 1. The molecule has 0 saturated carbocycles. The smallest absolute Gasteiger partial charge is 0.328 e. The van der Waals surface area contributed by atoms with Gasteiger partial charge in [0.2, 0.25) is 0 Å². The molecule has 0 unspecified atom stereocenters. The molecule has 0 spiro atoms. The van der Waals surface area contributed by atoms with Gasteiger partial charge >= 0.3 is 5.97 Å². The van der Waals surface area contributed by atoms with Crippen LogP contribution in [-0.2, 0) is 4.79 Å². The van der Waals surface area contributed by atoms with E-state index in [0.29, 0.717) is 23.8 Å². The number of rotatable bonds is 5. The molecule has 0 aliphatic carbocycles. The molecular formula is C20H24FNO3. The lowest BCUT2D eigenvalue weighted by Crippen LogP contribution is -2.37. The number of benzene rings is 1. The highest BCUT2D eigenvalue weighted by atomic mass is 19.1. The van der Waals surface area contributed by atoms with Crippen LogP contribution in [0.25, 0.3) is 5.57 Å². The molecule has 134 valence electrons. The van der Waals surface area contributed by atoms with Crippen molar-refractivity contribution >= 4 is 17.2 Å². The average molecular weight is 345 g/mol. The van der Waals surface area contributed by atoms with E-state index in [0.717, 1.165) is 29.6 Å². The summed E-state index contributed by atoms with van der Waals surface area (Å²) < 4.78 is 20.1. The van der Waals surface area contributed by atoms with Crippen LogP contribution in [0.5, 0.6) is 5.75 Å². The van der Waals surface area contributed by atoms with E-state index in [1.807, 2.05) is 18.2 Å². The van der Waals surface area contributed by atoms with Crippen LogP contribution in [-0.4, -0.2) is 30.3 Å². The summed E-state index contributed by atoms with van der Waals surface area (Å²) in [7, 11) is 0. The maximum Gasteiger partial charge on any atom is 0.328 e. The van der Waals surface area contributed by atoms with Gasteiger partial charge in [0.15, 0.2) is 0 Å². The first-order chi connectivity index (χ1) is 11.8. The third kappa shape index (κ3) is 4.72. The fraction of sp³-hybridized carbons (Fsp3) is 0.350. The molecule has 1 heterocycles. The molecule has 1 aliphatic heterocycles. The molecule has 1 aromatic rings. The van der Waals surface area contributed by atoms with Crippen LogP contribution < -0.4 is 9.64 Å². The fourth-order valence-electron chi connectivity index (χ4n) is 2.72. The molecule has 0 fully saturated rings. The van der Waals surface area contributed by atoms with Gasteiger partial charge in [-0.2, -0.15) is 0 Å². The number of ether oxygens (including phenoxy) is 1. The normalized spacial score (nSPS) is 15.9. The lowest BCUT2D eigenvalue weighted by Gasteiger charge is -2.34. The predicted molar refractivity (Wildman–Crippen MR) is 98.7 cm³/mol. The topological polar surface area (TPSA) is 49.8 Å². The van der Waals surface area contributed by atoms with Crippen molar-refractivity contribution in [2.75, 3.05) is 18.1 Å². The highest BCUT2D eigenvalue weighted by Crippen LogP contribution is 2.36. The van der Waals surface area contributed by atoms with Crippen LogP contribution in [0.4, 0.5) is 10.1 Å². The van der Waals surface area contributed by atoms with Crippen LogP contribution >= 0.6 is 0 Å². The number of carboxylic acid groups (broad SMARTS) is 1. The monoisotopic (exact) mass is 345 g/mol. The van der Waals surface area contributed by atoms with E-state index in [9.17, 15) is 9.18 Å². The van der Waals surface area contributed by atoms with Gasteiger partial charge in [0.05, 0.1) is 12.2 Å². The largest absolute Gasteiger partial charge is 0.490 e. The molecule has 2 rings (SSSR count). The predicted octanol–water partition coefficient (Wildman–Crippen LogP) is 4.58. The number of nitrogens with zero attached hydrogens (tertiary/aromatic N) is 1. The number of hydrogen-bond acceptors (Lipinski definition) is 3. The molecule has 0 saturated heterocycles. The zero-order valence-electron chi connectivity index (χ0n) is 15.0. The second kappa shape index (κ2) is 8.01. The molecule has 1 aliphatic rings. The second-order valence-corrected chi connectivity index (χ2v) is 6.35. The molecule has 0 amide bonds. The van der Waals surface area contributed by atoms with E-state index < -0.39 is 11.8 Å². The zero-order chi connectivity index (χ0) is 18.6. The highest BCUT2D eigenvalue weighted by Gasteiger charge is 2.20. The molecule has 0 radical (unpaired) electrons. The summed E-state index contributed by atoms with van der Waals surface area (Å²) in [6.45, 7) is 9.02. The number of anilines is 1. The number of fused-ring (bicyclic) bond motifs is 1. The van der Waals surface area contributed by atoms with E-state index in [-0.39, 0.29) is 0 Å². The number of hydrogen-bond donors (Lipinski definition) is 1. The first-order valence-corrected chi connectivity index (χ1v) is 8.29. The summed E-state index contributed by atoms with van der Waals surface area (Å²) >= 11 is 0. The Morgan fingerprint density at radius 3 is 2.68 bits per heavy atom. The summed E-state index contributed by atoms with van der Waals surface area (Å²) in [5.41, 5.74) is 2.71. The van der Waals surface area contributed by atoms with Crippen LogP contribution in [0.2, 0.25) is 0 Å². The maximum atomic E-state index is 14.4. The van der Waals surface area contributed by atoms with Crippen LogP contribution in [0.3, 0.4) is 0 Å². The van der Waals surface area contributed by atoms with Gasteiger partial charge in [-0.3, -0.25) is 0 Å². The number of allylic oxidation sites excluding steroid dienone is 5. The third-order valence-electron chi connectivity index (χ3n) is 4.12. The number of halogens is 1. The van der Waals surface area contributed by atoms with Crippen molar-refractivity contribution in [2.24, 2.45) is 0 Å². The van der Waals surface area contributed by atoms with Gasteiger partial charge in [0, 0.05) is 12.1 Å². The summed E-state index contributed by atoms with van der Waals surface area (Å²) in [5.74, 6) is -0.699. The van der Waals surface area contributed by atoms with Gasteiger partial charge in [-0.05, 0) is 62.6 Å². The summed E-state index contributed by atoms with van der Waals surface area (Å²) in [4.78, 5) is 12.8. The molecule has 0 bridgehead atoms. The molecule has 0 aromatic heterocycles. The van der Waals surface area contributed by atoms with Gasteiger partial charge < -0.3 is 14.7 Å². The Morgan fingerprint density at radius 2 is 2.04 bits per heavy atom. The van der Waals surface area contributed by atoms with E-state index in [2.05, 4.69) is 18.7 Å². The molecular weight excluding hydrogens is 321 g/mol. The first-order valence-electron chi connectivity index (χ1n) is 8.29. The van der Waals surface area contributed by atoms with Crippen molar-refractivity contribution in [3.8, 4) is 5.75 Å². The van der Waals surface area contributed by atoms with E-state index >= 15 is 0 Å². The lowest BCUT2D eigenvalue weighted by atomic mass is 10.0. The van der Waals surface area contributed by atoms with Crippen LogP contribution in [0.15, 0.2) is 47.8 Å². The average Bonchev–Trinajstić information content (AvgIpc) is 2.57. The lowest BCUT2D eigenvalue weighted by molar-refractivity contribution is -0.131. The maximum absolute atomic E-state index is 14.4. The van der Waals surface area contributed by atoms with Gasteiger partial charge in [-0.15, -0.1) is 0 Å². The number of aliphatic carboxylic acids is 1. The van der Waals surface area contributed by atoms with Crippen molar-refractivity contribution in [3.63, 3.8) is 0 Å². The fourth-order valence-corrected chi connectivity index (χ4v) is 2.72. The minimum Gasteiger partial charge on any atom is -0.490 e. The Labute approximate surface area is 147 Å². The first kappa shape index (κ1) is 18.8. The summed E-state index contributed by atoms with van der Waals surface area (Å²) in [5, 5.41) is 8.68. The van der Waals surface area contributed by atoms with Crippen molar-refractivity contribution in [1.82, 2.24) is 0 Å². The van der Waals surface area contributed by atoms with Gasteiger partial charge in [0.25, 0.3) is 0 Å². The molecule has 4 nitrogen and oxygen atoms in total. The Bertz CT molecular complexity index is 747. The van der Waals surface area contributed by atoms with Crippen molar-refractivity contribution in [1.29, 1.82) is 0 Å². The third-order valence-corrected chi connectivity index (χ3v) is 4.12. The Kier molecular flexibility index (Phi) is 6.02. The second-order valence-electron chi connectivity index (χ2n) is 6.35. The molecule has 1 N–H and O–H groups in total. The SMILES string of the molecule is CC(C=CC(F)=C(C)c1ccc2c(c1)OCCN2C(C)C)=CC(=O)O. The van der Waals surface area contributed by atoms with Gasteiger partial charge in [-0.25, -0.2) is 9.18 Å². The molecule has 25 heavy (non-hydrogen) atoms. The van der Waals surface area contributed by atoms with Crippen molar-refractivity contribution in [2.45, 2.75) is 33.7 Å². The highest BCUT2D eigenvalue weighted by molar-refractivity contribution is 5.81. The zero-order valence-corrected chi connectivity index (χ0v) is 15.0. The minimum atomic E-state index is -1.05. The Morgan fingerprint density at radius 1 is 1.32 bits per heavy atom. The number of carboxylic acids is 1. The van der Waals surface area contributed by atoms with Crippen molar-refractivity contribution < 1.29 is 19.0 Å². The standard InChI is InChI=1S/C20H24FNO3/c1-13(2)22-9-10-25-19-12-16(6-8-18(19)22)15(4)17(21)7-5-14(3)11-20(23)24/h5-8,11-13H,9-10H2,1-4H3,(H,23,24). The van der Waals surface area contributed by atoms with Gasteiger partial charge in [-0.1, -0.05) is 12.1 Å². The molecule has 0 atom stereocenters. The quantitative estimate of drug-likeness (QED) is 0.627. The van der Waals surface area contributed by atoms with E-state index in [1.165, 1.54) is 12.2 Å². The summed E-state index contributed by atoms with van der Waals surface area (Å²) in [6, 6.07) is 6.06. The molecule has 5 heteroatoms. The van der Waals surface area contributed by atoms with Crippen LogP contribution in [0, 0.1) is 0 Å². The Balaban J connectivity index is 2.29. The molecule has 1 aromatic carbocycles. The minimum absolute atomic E-state index is 0.369. The van der Waals surface area contributed by atoms with E-state index in [1.54, 1.807) is 13.8 Å². The van der Waals surface area contributed by atoms with Crippen LogP contribution in [0.1, 0.15) is 33.3 Å². The van der Waals surface area contributed by atoms with Crippen molar-refractivity contribution in [3.05, 3.63) is 53.4 Å². The van der Waals surface area contributed by atoms with Gasteiger partial charge in [0.1, 0.15) is 18.2 Å².